The summed E-state index contributed by atoms with van der Waals surface area (Å²) < 4.78 is 7.38. The second-order valence-corrected chi connectivity index (χ2v) is 17.2. The van der Waals surface area contributed by atoms with Gasteiger partial charge >= 0.3 is 0 Å². The van der Waals surface area contributed by atoms with Crippen molar-refractivity contribution in [3.05, 3.63) is 182 Å². The molecule has 9 aromatic carbocycles. The number of aromatic nitrogens is 4. The first-order chi connectivity index (χ1) is 29.2. The van der Waals surface area contributed by atoms with Crippen LogP contribution in [0, 0.1) is 0 Å². The monoisotopic (exact) mass is 786 g/mol. The Morgan fingerprint density at radius 3 is 1.71 bits per heavy atom. The summed E-state index contributed by atoms with van der Waals surface area (Å²) in [5.41, 5.74) is 6.30. The first-order valence-electron chi connectivity index (χ1n) is 19.8. The molecule has 13 rings (SSSR count). The smallest absolute Gasteiger partial charge is 0.166 e. The van der Waals surface area contributed by atoms with Gasteiger partial charge in [0, 0.05) is 68.5 Å². The molecule has 0 atom stereocenters. The molecule has 0 amide bonds. The maximum absolute atomic E-state index is 5.50. The summed E-state index contributed by atoms with van der Waals surface area (Å²) in [6.45, 7) is 0. The zero-order valence-electron chi connectivity index (χ0n) is 31.4. The fourth-order valence-corrected chi connectivity index (χ4v) is 11.6. The van der Waals surface area contributed by atoms with Crippen LogP contribution >= 0.6 is 22.7 Å². The highest BCUT2D eigenvalue weighted by Crippen LogP contribution is 2.47. The van der Waals surface area contributed by atoms with Gasteiger partial charge in [-0.1, -0.05) is 146 Å². The molecule has 0 bridgehead atoms. The Balaban J connectivity index is 1.20. The molecule has 0 saturated heterocycles. The Bertz CT molecular complexity index is 3860. The van der Waals surface area contributed by atoms with E-state index in [1.807, 2.05) is 29.5 Å². The maximum Gasteiger partial charge on any atom is 0.166 e. The van der Waals surface area contributed by atoms with Crippen molar-refractivity contribution in [3.8, 4) is 39.9 Å². The number of thiophene rings is 2. The lowest BCUT2D eigenvalue weighted by molar-refractivity contribution is 1.07. The summed E-state index contributed by atoms with van der Waals surface area (Å²) in [5, 5.41) is 12.2. The minimum Gasteiger partial charge on any atom is -0.306 e. The summed E-state index contributed by atoms with van der Waals surface area (Å²) in [7, 11) is 0. The molecular formula is C53H30N4S2. The zero-order valence-corrected chi connectivity index (χ0v) is 33.1. The Kier molecular flexibility index (Phi) is 7.02. The van der Waals surface area contributed by atoms with E-state index in [0.29, 0.717) is 17.5 Å². The topological polar surface area (TPSA) is 43.6 Å². The van der Waals surface area contributed by atoms with Gasteiger partial charge in [0.1, 0.15) is 0 Å². The van der Waals surface area contributed by atoms with Crippen LogP contribution in [-0.4, -0.2) is 19.5 Å². The van der Waals surface area contributed by atoms with Crippen molar-refractivity contribution >= 4 is 106 Å². The van der Waals surface area contributed by atoms with Gasteiger partial charge in [-0.3, -0.25) is 0 Å². The minimum absolute atomic E-state index is 0.636. The summed E-state index contributed by atoms with van der Waals surface area (Å²) in [6, 6.07) is 65.4. The second kappa shape index (κ2) is 12.6. The fourth-order valence-electron chi connectivity index (χ4n) is 9.13. The Morgan fingerprint density at radius 2 is 0.932 bits per heavy atom. The third kappa shape index (κ3) is 4.91. The Labute approximate surface area is 345 Å². The molecule has 0 spiro atoms. The summed E-state index contributed by atoms with van der Waals surface area (Å²) in [5.74, 6) is 1.94. The van der Waals surface area contributed by atoms with E-state index < -0.39 is 0 Å². The standard InChI is InChI=1S/C53H30N4S2/c1-2-14-32(15-3-1)51-54-52(56-53(55-51)42-22-12-21-39-36-19-8-10-23-45(36)58-49(39)42)41-28-27-40-37-20-9-11-24-46(37)59-50(40)48(41)57-44-30-34-17-5-4-16-33(34)29-43(44)38-26-25-31-13-6-7-18-35(31)47(38)57/h1-30H. The van der Waals surface area contributed by atoms with Gasteiger partial charge in [-0.25, -0.2) is 15.0 Å². The van der Waals surface area contributed by atoms with Crippen molar-refractivity contribution in [2.75, 3.05) is 0 Å². The molecule has 0 aliphatic carbocycles. The van der Waals surface area contributed by atoms with Gasteiger partial charge in [0.05, 0.1) is 21.4 Å². The molecule has 13 aromatic rings. The van der Waals surface area contributed by atoms with E-state index >= 15 is 0 Å². The second-order valence-electron chi connectivity index (χ2n) is 15.1. The number of fused-ring (bicyclic) bond motifs is 12. The highest BCUT2D eigenvalue weighted by Gasteiger charge is 2.25. The molecular weight excluding hydrogens is 757 g/mol. The van der Waals surface area contributed by atoms with Crippen molar-refractivity contribution < 1.29 is 0 Å². The SMILES string of the molecule is c1ccc(-c2nc(-c3ccc4c(sc5ccccc54)c3-n3c4cc5ccccc5cc4c4ccc5ccccc5c43)nc(-c3cccc4c3sc3ccccc34)n2)cc1. The number of hydrogen-bond acceptors (Lipinski definition) is 5. The molecule has 4 aromatic heterocycles. The van der Waals surface area contributed by atoms with Gasteiger partial charge in [0.25, 0.3) is 0 Å². The van der Waals surface area contributed by atoms with Gasteiger partial charge in [-0.15, -0.1) is 22.7 Å². The Hall–Kier alpha value is -7.25. The largest absolute Gasteiger partial charge is 0.306 e. The maximum atomic E-state index is 5.50. The quantitative estimate of drug-likeness (QED) is 0.178. The predicted octanol–water partition coefficient (Wildman–Crippen LogP) is 15.0. The van der Waals surface area contributed by atoms with Crippen LogP contribution in [0.2, 0.25) is 0 Å². The van der Waals surface area contributed by atoms with Crippen LogP contribution in [-0.2, 0) is 0 Å². The molecule has 274 valence electrons. The van der Waals surface area contributed by atoms with E-state index in [9.17, 15) is 0 Å². The van der Waals surface area contributed by atoms with Gasteiger partial charge in [0.2, 0.25) is 0 Å². The van der Waals surface area contributed by atoms with Gasteiger partial charge in [0.15, 0.2) is 17.5 Å². The molecule has 0 aliphatic rings. The molecule has 4 heterocycles. The lowest BCUT2D eigenvalue weighted by Crippen LogP contribution is -2.04. The first-order valence-corrected chi connectivity index (χ1v) is 21.4. The highest BCUT2D eigenvalue weighted by atomic mass is 32.1. The van der Waals surface area contributed by atoms with Crippen LogP contribution in [0.15, 0.2) is 182 Å². The van der Waals surface area contributed by atoms with Crippen molar-refractivity contribution in [1.82, 2.24) is 19.5 Å². The Morgan fingerprint density at radius 1 is 0.356 bits per heavy atom. The van der Waals surface area contributed by atoms with E-state index in [0.717, 1.165) is 27.9 Å². The van der Waals surface area contributed by atoms with Crippen molar-refractivity contribution in [1.29, 1.82) is 0 Å². The van der Waals surface area contributed by atoms with Crippen LogP contribution < -0.4 is 0 Å². The summed E-state index contributed by atoms with van der Waals surface area (Å²) in [4.78, 5) is 16.2. The molecule has 0 fully saturated rings. The molecule has 6 heteroatoms. The third-order valence-electron chi connectivity index (χ3n) is 11.8. The molecule has 0 N–H and O–H groups in total. The van der Waals surface area contributed by atoms with Crippen molar-refractivity contribution in [2.45, 2.75) is 0 Å². The molecule has 0 aliphatic heterocycles. The number of rotatable bonds is 4. The van der Waals surface area contributed by atoms with Gasteiger partial charge < -0.3 is 4.57 Å². The van der Waals surface area contributed by atoms with Crippen LogP contribution in [0.4, 0.5) is 0 Å². The van der Waals surface area contributed by atoms with Crippen LogP contribution in [0.1, 0.15) is 0 Å². The minimum atomic E-state index is 0.636. The predicted molar refractivity (Wildman–Crippen MR) is 251 cm³/mol. The van der Waals surface area contributed by atoms with Gasteiger partial charge in [-0.2, -0.15) is 0 Å². The number of hydrogen-bond donors (Lipinski definition) is 0. The summed E-state index contributed by atoms with van der Waals surface area (Å²) >= 11 is 3.63. The molecule has 4 nitrogen and oxygen atoms in total. The van der Waals surface area contributed by atoms with E-state index in [-0.39, 0.29) is 0 Å². The zero-order chi connectivity index (χ0) is 38.6. The van der Waals surface area contributed by atoms with E-state index in [1.165, 1.54) is 78.2 Å². The summed E-state index contributed by atoms with van der Waals surface area (Å²) in [6.07, 6.45) is 0. The highest BCUT2D eigenvalue weighted by molar-refractivity contribution is 7.26. The number of nitrogens with zero attached hydrogens (tertiary/aromatic N) is 4. The van der Waals surface area contributed by atoms with Crippen LogP contribution in [0.25, 0.3) is 124 Å². The third-order valence-corrected chi connectivity index (χ3v) is 14.2. The van der Waals surface area contributed by atoms with E-state index in [2.05, 4.69) is 168 Å². The average molecular weight is 787 g/mol. The van der Waals surface area contributed by atoms with E-state index in [4.69, 9.17) is 15.0 Å². The van der Waals surface area contributed by atoms with Crippen LogP contribution in [0.3, 0.4) is 0 Å². The van der Waals surface area contributed by atoms with Crippen molar-refractivity contribution in [3.63, 3.8) is 0 Å². The lowest BCUT2D eigenvalue weighted by Gasteiger charge is -2.17. The number of benzene rings is 9. The normalized spacial score (nSPS) is 12.1. The lowest BCUT2D eigenvalue weighted by atomic mass is 10.0. The first kappa shape index (κ1) is 32.8. The molecule has 0 saturated carbocycles. The van der Waals surface area contributed by atoms with Gasteiger partial charge in [-0.05, 0) is 52.6 Å². The van der Waals surface area contributed by atoms with Crippen LogP contribution in [0.5, 0.6) is 0 Å². The molecule has 0 unspecified atom stereocenters. The van der Waals surface area contributed by atoms with Crippen molar-refractivity contribution in [2.24, 2.45) is 0 Å². The average Bonchev–Trinajstić information content (AvgIpc) is 3.98. The molecule has 59 heavy (non-hydrogen) atoms. The molecule has 0 radical (unpaired) electrons. The van der Waals surface area contributed by atoms with E-state index in [1.54, 1.807) is 11.3 Å². The fraction of sp³-hybridized carbons (Fsp3) is 0.